The van der Waals surface area contributed by atoms with E-state index in [-0.39, 0.29) is 35.3 Å². The lowest BCUT2D eigenvalue weighted by atomic mass is 9.44. The zero-order chi connectivity index (χ0) is 52.6. The molecule has 1 aliphatic heterocycles. The summed E-state index contributed by atoms with van der Waals surface area (Å²) in [5.41, 5.74) is -7.04. The van der Waals surface area contributed by atoms with E-state index in [1.807, 2.05) is 0 Å². The molecule has 4 aliphatic rings. The summed E-state index contributed by atoms with van der Waals surface area (Å²) < 4.78 is 43.3. The van der Waals surface area contributed by atoms with Crippen LogP contribution in [0.3, 0.4) is 0 Å². The normalized spacial score (nSPS) is 29.1. The minimum absolute atomic E-state index is 0.0306. The van der Waals surface area contributed by atoms with Crippen LogP contribution in [0.1, 0.15) is 105 Å². The van der Waals surface area contributed by atoms with E-state index in [1.165, 1.54) is 26.0 Å². The Labute approximate surface area is 422 Å². The quantitative estimate of drug-likeness (QED) is 0.0567. The second-order valence-electron chi connectivity index (χ2n) is 19.8. The van der Waals surface area contributed by atoms with Gasteiger partial charge >= 0.3 is 29.8 Å². The van der Waals surface area contributed by atoms with Crippen LogP contribution in [-0.4, -0.2) is 106 Å². The minimum atomic E-state index is -2.46. The van der Waals surface area contributed by atoms with E-state index in [1.54, 1.807) is 123 Å². The molecule has 0 radical (unpaired) electrons. The Balaban J connectivity index is 1.33. The zero-order valence-corrected chi connectivity index (χ0v) is 41.5. The van der Waals surface area contributed by atoms with Gasteiger partial charge in [0.15, 0.2) is 23.6 Å². The molecule has 3 N–H and O–H groups in total. The number of fused-ring (bicyclic) bond motifs is 5. The molecule has 1 amide bonds. The number of hydrogen-bond acceptors (Lipinski definition) is 16. The summed E-state index contributed by atoms with van der Waals surface area (Å²) in [6, 6.07) is 31.3. The Morgan fingerprint density at radius 1 is 0.726 bits per heavy atom. The highest BCUT2D eigenvalue weighted by Crippen LogP contribution is 2.64. The van der Waals surface area contributed by atoms with Gasteiger partial charge in [0, 0.05) is 50.2 Å². The summed E-state index contributed by atoms with van der Waals surface area (Å²) in [6.07, 6.45) is -12.2. The van der Waals surface area contributed by atoms with Crippen molar-refractivity contribution in [2.24, 2.45) is 16.7 Å². The molecule has 384 valence electrons. The molecule has 73 heavy (non-hydrogen) atoms. The van der Waals surface area contributed by atoms with Crippen LogP contribution in [0.5, 0.6) is 0 Å². The molecule has 2 saturated carbocycles. The number of esters is 5. The van der Waals surface area contributed by atoms with Crippen molar-refractivity contribution in [2.45, 2.75) is 121 Å². The SMILES string of the molecule is CC(=O)OC(O[C@@H](C(=O)O[C@H]1C[C@@]2(O)C(OC(=O)c3ccccc3)C3[C@](C)(C(=O)[C@H](OC(C)=O)C(=C1C)C2(C)C)[C@@H](O)C[C@H]1OC[C@@]31OC(C)=O)[C@@H](NC(=O)c1ccccc1)c1ccccc1)c1ccccc1. The number of carbonyl (C=O) groups excluding carboxylic acids is 7. The van der Waals surface area contributed by atoms with Crippen molar-refractivity contribution in [1.82, 2.24) is 5.32 Å². The fourth-order valence-electron chi connectivity index (χ4n) is 11.4. The fourth-order valence-corrected chi connectivity index (χ4v) is 11.4. The second kappa shape index (κ2) is 20.5. The van der Waals surface area contributed by atoms with Crippen molar-refractivity contribution in [1.29, 1.82) is 0 Å². The number of nitrogens with one attached hydrogen (secondary N) is 1. The van der Waals surface area contributed by atoms with E-state index >= 15 is 9.59 Å². The Morgan fingerprint density at radius 3 is 1.82 bits per heavy atom. The Bertz CT molecular complexity index is 2780. The lowest BCUT2D eigenvalue weighted by Gasteiger charge is -2.67. The van der Waals surface area contributed by atoms with Crippen LogP contribution in [0.2, 0.25) is 0 Å². The highest BCUT2D eigenvalue weighted by Gasteiger charge is 2.78. The summed E-state index contributed by atoms with van der Waals surface area (Å²) in [5, 5.41) is 29.2. The standard InChI is InChI=1S/C56H59NO16/c1-31-39(70-51(65)45(71-52(69-33(3)59)38-26-18-11-19-27-38)43(35-20-12-8-13-21-35)57-49(63)36-22-14-9-15-23-36)29-56(66)48(72-50(64)37-24-16-10-17-25-37)46-54(7,40(61)28-41-55(46,30-67-41)73-34(4)60)47(62)44(68-32(2)58)42(31)53(56,5)6/h8-27,39-41,43-46,48,52,61,66H,28-30H2,1-7H3,(H,57,63)/t39-,40-,41+,43-,44+,45+,46?,48?,52?,54+,55-,56+/m0/s1. The van der Waals surface area contributed by atoms with Crippen molar-refractivity contribution in [3.8, 4) is 0 Å². The van der Waals surface area contributed by atoms with E-state index in [0.29, 0.717) is 11.1 Å². The topological polar surface area (TPSA) is 237 Å². The van der Waals surface area contributed by atoms with E-state index in [0.717, 1.165) is 20.8 Å². The Hall–Kier alpha value is -7.05. The number of hydrogen-bond donors (Lipinski definition) is 3. The lowest BCUT2D eigenvalue weighted by Crippen LogP contribution is -2.82. The van der Waals surface area contributed by atoms with Crippen molar-refractivity contribution in [3.63, 3.8) is 0 Å². The number of benzene rings is 4. The third-order valence-corrected chi connectivity index (χ3v) is 15.1. The first-order chi connectivity index (χ1) is 34.6. The number of ketones is 1. The van der Waals surface area contributed by atoms with E-state index in [2.05, 4.69) is 5.32 Å². The summed E-state index contributed by atoms with van der Waals surface area (Å²) in [7, 11) is 0. The average Bonchev–Trinajstić information content (AvgIpc) is 3.36. The molecule has 0 aromatic heterocycles. The lowest BCUT2D eigenvalue weighted by molar-refractivity contribution is -0.346. The van der Waals surface area contributed by atoms with Gasteiger partial charge in [-0.1, -0.05) is 111 Å². The van der Waals surface area contributed by atoms with Crippen molar-refractivity contribution in [3.05, 3.63) is 155 Å². The van der Waals surface area contributed by atoms with Crippen LogP contribution in [-0.2, 0) is 57.1 Å². The molecule has 4 aromatic carbocycles. The molecular formula is C56H59NO16. The van der Waals surface area contributed by atoms with Crippen LogP contribution in [0.15, 0.2) is 132 Å². The van der Waals surface area contributed by atoms with Gasteiger partial charge in [0.1, 0.15) is 23.9 Å². The molecule has 17 nitrogen and oxygen atoms in total. The molecule has 17 heteroatoms. The highest BCUT2D eigenvalue weighted by molar-refractivity contribution is 5.96. The molecule has 0 spiro atoms. The van der Waals surface area contributed by atoms with Crippen molar-refractivity contribution < 1.29 is 76.9 Å². The third kappa shape index (κ3) is 9.58. The number of amides is 1. The van der Waals surface area contributed by atoms with Gasteiger partial charge in [-0.3, -0.25) is 24.0 Å². The van der Waals surface area contributed by atoms with Crippen LogP contribution < -0.4 is 5.32 Å². The second-order valence-corrected chi connectivity index (χ2v) is 19.8. The molecule has 4 aromatic rings. The molecule has 1 saturated heterocycles. The number of ether oxygens (including phenoxy) is 7. The van der Waals surface area contributed by atoms with Gasteiger partial charge in [-0.05, 0) is 54.8 Å². The van der Waals surface area contributed by atoms with Crippen LogP contribution in [0.25, 0.3) is 0 Å². The molecular weight excluding hydrogens is 943 g/mol. The third-order valence-electron chi connectivity index (χ3n) is 15.1. The average molecular weight is 1000 g/mol. The number of carbonyl (C=O) groups is 7. The summed E-state index contributed by atoms with van der Waals surface area (Å²) in [5.74, 6) is -7.70. The van der Waals surface area contributed by atoms with E-state index < -0.39 is 125 Å². The monoisotopic (exact) mass is 1000 g/mol. The van der Waals surface area contributed by atoms with Crippen LogP contribution in [0, 0.1) is 16.7 Å². The smallest absolute Gasteiger partial charge is 0.338 e. The number of rotatable bonds is 14. The van der Waals surface area contributed by atoms with Crippen LogP contribution >= 0.6 is 0 Å². The predicted octanol–water partition coefficient (Wildman–Crippen LogP) is 6.02. The fraction of sp³-hybridized carbons (Fsp3) is 0.411. The van der Waals surface area contributed by atoms with Crippen molar-refractivity contribution in [2.75, 3.05) is 6.61 Å². The number of aliphatic hydroxyl groups excluding tert-OH is 1. The molecule has 3 aliphatic carbocycles. The first-order valence-electron chi connectivity index (χ1n) is 24.0. The molecule has 2 bridgehead atoms. The largest absolute Gasteiger partial charge is 0.456 e. The Kier molecular flexibility index (Phi) is 14.6. The maximum absolute atomic E-state index is 15.8. The maximum Gasteiger partial charge on any atom is 0.338 e. The number of aliphatic hydroxyl groups is 2. The van der Waals surface area contributed by atoms with Gasteiger partial charge < -0.3 is 48.7 Å². The maximum atomic E-state index is 15.8. The number of Topliss-reactive ketones (excluding diaryl/α,β-unsaturated/α-hetero) is 1. The summed E-state index contributed by atoms with van der Waals surface area (Å²) in [6.45, 7) is 9.10. The minimum Gasteiger partial charge on any atom is -0.456 e. The van der Waals surface area contributed by atoms with Gasteiger partial charge in [-0.25, -0.2) is 9.59 Å². The summed E-state index contributed by atoms with van der Waals surface area (Å²) >= 11 is 0. The van der Waals surface area contributed by atoms with Crippen molar-refractivity contribution >= 4 is 41.5 Å². The predicted molar refractivity (Wildman–Crippen MR) is 258 cm³/mol. The van der Waals surface area contributed by atoms with Gasteiger partial charge in [0.2, 0.25) is 6.29 Å². The van der Waals surface area contributed by atoms with Crippen LogP contribution in [0.4, 0.5) is 0 Å². The van der Waals surface area contributed by atoms with Gasteiger partial charge in [0.25, 0.3) is 5.91 Å². The van der Waals surface area contributed by atoms with E-state index in [4.69, 9.17) is 33.2 Å². The van der Waals surface area contributed by atoms with Gasteiger partial charge in [0.05, 0.1) is 35.6 Å². The first-order valence-corrected chi connectivity index (χ1v) is 24.0. The van der Waals surface area contributed by atoms with Gasteiger partial charge in [-0.15, -0.1) is 0 Å². The van der Waals surface area contributed by atoms with Gasteiger partial charge in [-0.2, -0.15) is 0 Å². The highest BCUT2D eigenvalue weighted by atomic mass is 16.7. The van der Waals surface area contributed by atoms with E-state index in [9.17, 15) is 34.2 Å². The Morgan fingerprint density at radius 2 is 1.29 bits per heavy atom. The summed E-state index contributed by atoms with van der Waals surface area (Å²) in [4.78, 5) is 99.2. The molecule has 12 atom stereocenters. The molecule has 1 heterocycles. The molecule has 3 unspecified atom stereocenters. The molecule has 3 fully saturated rings. The zero-order valence-electron chi connectivity index (χ0n) is 41.5. The first kappa shape index (κ1) is 52.3. The molecule has 8 rings (SSSR count).